The summed E-state index contributed by atoms with van der Waals surface area (Å²) < 4.78 is 4.48. The van der Waals surface area contributed by atoms with Gasteiger partial charge in [-0.05, 0) is 6.08 Å². The third-order valence-electron chi connectivity index (χ3n) is 0.552. The van der Waals surface area contributed by atoms with E-state index in [0.29, 0.717) is 0 Å². The second kappa shape index (κ2) is 4.92. The number of rotatable bonds is 1. The molecule has 0 fully saturated rings. The molecule has 0 aliphatic rings. The van der Waals surface area contributed by atoms with E-state index in [9.17, 15) is 4.79 Å². The van der Waals surface area contributed by atoms with Crippen molar-refractivity contribution in [3.05, 3.63) is 12.7 Å². The van der Waals surface area contributed by atoms with E-state index in [1.807, 2.05) is 0 Å². The maximum Gasteiger partial charge on any atom is 0.303 e. The molecule has 0 unspecified atom stereocenters. The molecule has 0 atom stereocenters. The van der Waals surface area contributed by atoms with Crippen molar-refractivity contribution in [3.8, 4) is 11.8 Å². The van der Waals surface area contributed by atoms with Crippen LogP contribution in [0.1, 0.15) is 6.92 Å². The van der Waals surface area contributed by atoms with Gasteiger partial charge in [0.1, 0.15) is 0 Å². The summed E-state index contributed by atoms with van der Waals surface area (Å²) in [5.41, 5.74) is 0. The number of ether oxygens (including phenoxy) is 1. The fraction of sp³-hybridized carbons (Fsp3) is 0.286. The minimum Gasteiger partial charge on any atom is -0.453 e. The average molecular weight is 124 g/mol. The first kappa shape index (κ1) is 7.77. The van der Waals surface area contributed by atoms with Crippen molar-refractivity contribution in [2.45, 2.75) is 6.92 Å². The highest BCUT2D eigenvalue weighted by Crippen LogP contribution is 1.72. The quantitative estimate of drug-likeness (QED) is 0.380. The summed E-state index contributed by atoms with van der Waals surface area (Å²) in [5.74, 6) is 4.78. The largest absolute Gasteiger partial charge is 0.453 e. The van der Waals surface area contributed by atoms with Crippen LogP contribution in [0.3, 0.4) is 0 Å². The summed E-state index contributed by atoms with van der Waals surface area (Å²) in [6, 6.07) is 0. The van der Waals surface area contributed by atoms with E-state index in [0.717, 1.165) is 0 Å². The predicted octanol–water partition coefficient (Wildman–Crippen LogP) is 0.739. The van der Waals surface area contributed by atoms with Gasteiger partial charge in [0.05, 0.1) is 0 Å². The number of hydrogen-bond acceptors (Lipinski definition) is 2. The molecule has 0 aliphatic heterocycles. The van der Waals surface area contributed by atoms with Crippen LogP contribution in [0.25, 0.3) is 0 Å². The molecule has 0 saturated heterocycles. The lowest BCUT2D eigenvalue weighted by Gasteiger charge is -1.89. The van der Waals surface area contributed by atoms with Gasteiger partial charge in [-0.1, -0.05) is 18.4 Å². The summed E-state index contributed by atoms with van der Waals surface area (Å²) in [7, 11) is 0. The molecule has 0 heterocycles. The van der Waals surface area contributed by atoms with Crippen molar-refractivity contribution in [2.75, 3.05) is 6.61 Å². The minimum absolute atomic E-state index is 0.154. The minimum atomic E-state index is -0.312. The van der Waals surface area contributed by atoms with Gasteiger partial charge >= 0.3 is 5.97 Å². The van der Waals surface area contributed by atoms with Crippen LogP contribution in [-0.2, 0) is 9.53 Å². The van der Waals surface area contributed by atoms with E-state index in [4.69, 9.17) is 0 Å². The van der Waals surface area contributed by atoms with Gasteiger partial charge in [-0.3, -0.25) is 4.79 Å². The van der Waals surface area contributed by atoms with Crippen molar-refractivity contribution in [1.82, 2.24) is 0 Å². The van der Waals surface area contributed by atoms with E-state index < -0.39 is 0 Å². The van der Waals surface area contributed by atoms with Crippen molar-refractivity contribution >= 4 is 5.97 Å². The first-order chi connectivity index (χ1) is 4.27. The number of allylic oxidation sites excluding steroid dienone is 1. The lowest BCUT2D eigenvalue weighted by Crippen LogP contribution is -1.97. The normalized spacial score (nSPS) is 6.78. The average Bonchev–Trinajstić information content (AvgIpc) is 1.80. The van der Waals surface area contributed by atoms with Crippen LogP contribution < -0.4 is 0 Å². The van der Waals surface area contributed by atoms with Crippen LogP contribution in [-0.4, -0.2) is 12.6 Å². The Bertz CT molecular complexity index is 159. The molecule has 48 valence electrons. The molecule has 0 radical (unpaired) electrons. The Labute approximate surface area is 54.5 Å². The topological polar surface area (TPSA) is 26.3 Å². The zero-order chi connectivity index (χ0) is 7.11. The molecular formula is C7H8O2. The summed E-state index contributed by atoms with van der Waals surface area (Å²) in [6.07, 6.45) is 1.45. The summed E-state index contributed by atoms with van der Waals surface area (Å²) in [5, 5.41) is 0. The van der Waals surface area contributed by atoms with E-state index in [2.05, 4.69) is 23.2 Å². The smallest absolute Gasteiger partial charge is 0.303 e. The van der Waals surface area contributed by atoms with Crippen LogP contribution in [0, 0.1) is 11.8 Å². The Hall–Kier alpha value is -1.23. The van der Waals surface area contributed by atoms with E-state index in [1.165, 1.54) is 13.0 Å². The van der Waals surface area contributed by atoms with Gasteiger partial charge in [-0.2, -0.15) is 0 Å². The number of carbonyl (C=O) groups excluding carboxylic acids is 1. The molecule has 2 nitrogen and oxygen atoms in total. The van der Waals surface area contributed by atoms with Crippen LogP contribution in [0.2, 0.25) is 0 Å². The Morgan fingerprint density at radius 2 is 2.56 bits per heavy atom. The lowest BCUT2D eigenvalue weighted by molar-refractivity contribution is -0.139. The number of carbonyl (C=O) groups is 1. The Morgan fingerprint density at radius 1 is 1.89 bits per heavy atom. The van der Waals surface area contributed by atoms with Gasteiger partial charge in [0.25, 0.3) is 0 Å². The van der Waals surface area contributed by atoms with Crippen molar-refractivity contribution in [1.29, 1.82) is 0 Å². The molecule has 0 rings (SSSR count). The monoisotopic (exact) mass is 124 g/mol. The number of hydrogen-bond donors (Lipinski definition) is 0. The summed E-state index contributed by atoms with van der Waals surface area (Å²) >= 11 is 0. The first-order valence-corrected chi connectivity index (χ1v) is 2.50. The fourth-order valence-corrected chi connectivity index (χ4v) is 0.252. The predicted molar refractivity (Wildman–Crippen MR) is 34.6 cm³/mol. The SMILES string of the molecule is C=CC#CCOC(C)=O. The summed E-state index contributed by atoms with van der Waals surface area (Å²) in [4.78, 5) is 10.1. The molecule has 2 heteroatoms. The van der Waals surface area contributed by atoms with Crippen LogP contribution in [0.15, 0.2) is 12.7 Å². The van der Waals surface area contributed by atoms with Crippen molar-refractivity contribution < 1.29 is 9.53 Å². The third kappa shape index (κ3) is 6.77. The van der Waals surface area contributed by atoms with E-state index >= 15 is 0 Å². The molecular weight excluding hydrogens is 116 g/mol. The second-order valence-electron chi connectivity index (χ2n) is 1.31. The molecule has 0 aliphatic carbocycles. The summed E-state index contributed by atoms with van der Waals surface area (Å²) in [6.45, 7) is 4.86. The molecule has 0 saturated carbocycles. The Balaban J connectivity index is 3.29. The maximum absolute atomic E-state index is 10.1. The third-order valence-corrected chi connectivity index (χ3v) is 0.552. The van der Waals surface area contributed by atoms with E-state index in [1.54, 1.807) is 0 Å². The fourth-order valence-electron chi connectivity index (χ4n) is 0.252. The maximum atomic E-state index is 10.1. The Kier molecular flexibility index (Phi) is 4.25. The van der Waals surface area contributed by atoms with Crippen LogP contribution >= 0.6 is 0 Å². The molecule has 0 aromatic rings. The van der Waals surface area contributed by atoms with Gasteiger partial charge in [0, 0.05) is 6.92 Å². The first-order valence-electron chi connectivity index (χ1n) is 2.50. The van der Waals surface area contributed by atoms with Gasteiger partial charge in [0.2, 0.25) is 0 Å². The van der Waals surface area contributed by atoms with Gasteiger partial charge in [0.15, 0.2) is 6.61 Å². The highest BCUT2D eigenvalue weighted by Gasteiger charge is 1.84. The molecule has 0 aromatic carbocycles. The van der Waals surface area contributed by atoms with Crippen LogP contribution in [0.5, 0.6) is 0 Å². The lowest BCUT2D eigenvalue weighted by atomic mass is 10.6. The van der Waals surface area contributed by atoms with Gasteiger partial charge < -0.3 is 4.74 Å². The highest BCUT2D eigenvalue weighted by molar-refractivity contribution is 5.66. The highest BCUT2D eigenvalue weighted by atomic mass is 16.5. The molecule has 0 aromatic heterocycles. The standard InChI is InChI=1S/C7H8O2/c1-3-4-5-6-9-7(2)8/h3H,1,6H2,2H3. The van der Waals surface area contributed by atoms with Crippen molar-refractivity contribution in [2.24, 2.45) is 0 Å². The second-order valence-corrected chi connectivity index (χ2v) is 1.31. The molecule has 0 bridgehead atoms. The zero-order valence-corrected chi connectivity index (χ0v) is 5.31. The Morgan fingerprint density at radius 3 is 3.00 bits per heavy atom. The number of esters is 1. The van der Waals surface area contributed by atoms with E-state index in [-0.39, 0.29) is 12.6 Å². The molecule has 0 amide bonds. The van der Waals surface area contributed by atoms with Gasteiger partial charge in [-0.15, -0.1) is 0 Å². The van der Waals surface area contributed by atoms with Crippen LogP contribution in [0.4, 0.5) is 0 Å². The van der Waals surface area contributed by atoms with Crippen molar-refractivity contribution in [3.63, 3.8) is 0 Å². The zero-order valence-electron chi connectivity index (χ0n) is 5.31. The van der Waals surface area contributed by atoms with Gasteiger partial charge in [-0.25, -0.2) is 0 Å². The molecule has 9 heavy (non-hydrogen) atoms. The molecule has 0 N–H and O–H groups in total. The molecule has 0 spiro atoms.